The number of nitrogens with zero attached hydrogens (tertiary/aromatic N) is 2. The predicted octanol–water partition coefficient (Wildman–Crippen LogP) is 3.69. The molecule has 1 N–H and O–H groups in total. The molecule has 0 saturated carbocycles. The van der Waals surface area contributed by atoms with Crippen molar-refractivity contribution in [2.75, 3.05) is 11.9 Å². The third kappa shape index (κ3) is 3.81. The molecule has 4 rings (SSSR count). The van der Waals surface area contributed by atoms with Crippen LogP contribution in [0.4, 0.5) is 5.69 Å². The molecule has 1 unspecified atom stereocenters. The Kier molecular flexibility index (Phi) is 5.19. The van der Waals surface area contributed by atoms with Gasteiger partial charge in [-0.2, -0.15) is 0 Å². The van der Waals surface area contributed by atoms with Gasteiger partial charge in [-0.3, -0.25) is 9.59 Å². The highest BCUT2D eigenvalue weighted by Crippen LogP contribution is 2.36. The highest BCUT2D eigenvalue weighted by atomic mass is 35.5. The lowest BCUT2D eigenvalue weighted by molar-refractivity contribution is -0.120. The van der Waals surface area contributed by atoms with Gasteiger partial charge in [0, 0.05) is 24.4 Å². The van der Waals surface area contributed by atoms with E-state index in [1.807, 2.05) is 30.3 Å². The molecule has 1 aliphatic rings. The van der Waals surface area contributed by atoms with E-state index < -0.39 is 11.9 Å². The number of likely N-dealkylation sites (N-methyl/N-ethyl adjacent to an activating group) is 1. The normalized spacial score (nSPS) is 16.6. The number of hydrogen-bond acceptors (Lipinski definition) is 5. The topological polar surface area (TPSA) is 75.4 Å². The molecule has 144 valence electrons. The predicted molar refractivity (Wildman–Crippen MR) is 108 cm³/mol. The zero-order chi connectivity index (χ0) is 19.7. The summed E-state index contributed by atoms with van der Waals surface area (Å²) in [6.07, 6.45) is 1.73. The van der Waals surface area contributed by atoms with Gasteiger partial charge in [0.1, 0.15) is 11.8 Å². The molecule has 1 aliphatic heterocycles. The lowest BCUT2D eigenvalue weighted by Crippen LogP contribution is -2.46. The number of nitrogens with one attached hydrogen (secondary N) is 1. The second kappa shape index (κ2) is 7.77. The van der Waals surface area contributed by atoms with Gasteiger partial charge in [-0.15, -0.1) is 11.3 Å². The number of rotatable bonds is 4. The van der Waals surface area contributed by atoms with Crippen LogP contribution in [0.5, 0.6) is 0 Å². The fraction of sp³-hybridized carbons (Fsp3) is 0.250. The van der Waals surface area contributed by atoms with Gasteiger partial charge in [-0.1, -0.05) is 47.1 Å². The fourth-order valence-electron chi connectivity index (χ4n) is 3.27. The van der Waals surface area contributed by atoms with Crippen LogP contribution in [0, 0.1) is 0 Å². The summed E-state index contributed by atoms with van der Waals surface area (Å²) in [5, 5.41) is 6.65. The second-order valence-corrected chi connectivity index (χ2v) is 8.43. The number of aromatic nitrogens is 1. The Morgan fingerprint density at radius 3 is 2.93 bits per heavy atom. The summed E-state index contributed by atoms with van der Waals surface area (Å²) < 4.78 is 5.94. The van der Waals surface area contributed by atoms with Crippen molar-refractivity contribution in [3.63, 3.8) is 0 Å². The van der Waals surface area contributed by atoms with Gasteiger partial charge >= 0.3 is 0 Å². The molecule has 0 radical (unpaired) electrons. The van der Waals surface area contributed by atoms with Crippen molar-refractivity contribution < 1.29 is 14.1 Å². The molecular formula is C20H18ClN3O3S. The zero-order valence-corrected chi connectivity index (χ0v) is 16.7. The molecule has 0 bridgehead atoms. The first-order valence-electron chi connectivity index (χ1n) is 8.87. The van der Waals surface area contributed by atoms with Crippen molar-refractivity contribution in [3.05, 3.63) is 68.7 Å². The average Bonchev–Trinajstić information content (AvgIpc) is 3.28. The van der Waals surface area contributed by atoms with E-state index in [1.165, 1.54) is 11.3 Å². The SMILES string of the molecule is CN1C(=O)C(NC(=O)c2cc(Cc3ccccc3)on2)CCc2sc(Cl)cc21. The standard InChI is InChI=1S/C20H18ClN3O3S/c1-24-16-11-18(21)28-17(16)8-7-14(20(24)26)22-19(25)15-10-13(27-23-15)9-12-5-3-2-4-6-12/h2-6,10-11,14H,7-9H2,1H3,(H,22,25). The number of carbonyl (C=O) groups is 2. The van der Waals surface area contributed by atoms with Crippen molar-refractivity contribution >= 4 is 40.4 Å². The number of benzene rings is 1. The van der Waals surface area contributed by atoms with E-state index in [2.05, 4.69) is 10.5 Å². The van der Waals surface area contributed by atoms with E-state index >= 15 is 0 Å². The van der Waals surface area contributed by atoms with Crippen LogP contribution in [-0.2, 0) is 17.6 Å². The van der Waals surface area contributed by atoms with Crippen molar-refractivity contribution in [1.29, 1.82) is 0 Å². The Bertz CT molecular complexity index is 1010. The van der Waals surface area contributed by atoms with Crippen LogP contribution in [-0.4, -0.2) is 30.1 Å². The number of amides is 2. The van der Waals surface area contributed by atoms with Crippen molar-refractivity contribution in [1.82, 2.24) is 10.5 Å². The summed E-state index contributed by atoms with van der Waals surface area (Å²) in [6.45, 7) is 0. The van der Waals surface area contributed by atoms with Gasteiger partial charge in [-0.05, 0) is 24.5 Å². The molecule has 28 heavy (non-hydrogen) atoms. The number of halogens is 1. The van der Waals surface area contributed by atoms with Gasteiger partial charge < -0.3 is 14.7 Å². The molecule has 0 spiro atoms. The number of fused-ring (bicyclic) bond motifs is 1. The van der Waals surface area contributed by atoms with Crippen molar-refractivity contribution in [3.8, 4) is 0 Å². The molecule has 6 nitrogen and oxygen atoms in total. The minimum absolute atomic E-state index is 0.170. The third-order valence-corrected chi connectivity index (χ3v) is 6.04. The maximum Gasteiger partial charge on any atom is 0.274 e. The molecular weight excluding hydrogens is 398 g/mol. The summed E-state index contributed by atoms with van der Waals surface area (Å²) in [4.78, 5) is 27.9. The molecule has 8 heteroatoms. The minimum Gasteiger partial charge on any atom is -0.360 e. The number of hydrogen-bond donors (Lipinski definition) is 1. The van der Waals surface area contributed by atoms with Crippen molar-refractivity contribution in [2.45, 2.75) is 25.3 Å². The largest absolute Gasteiger partial charge is 0.360 e. The molecule has 0 fully saturated rings. The summed E-state index contributed by atoms with van der Waals surface area (Å²) >= 11 is 7.53. The molecule has 0 saturated heterocycles. The maximum absolute atomic E-state index is 12.8. The molecule has 1 aromatic carbocycles. The Labute approximate surface area is 171 Å². The van der Waals surface area contributed by atoms with E-state index in [0.29, 0.717) is 29.4 Å². The van der Waals surface area contributed by atoms with Gasteiger partial charge in [0.05, 0.1) is 10.0 Å². The first-order chi connectivity index (χ1) is 13.5. The molecule has 3 aromatic rings. The quantitative estimate of drug-likeness (QED) is 0.705. The molecule has 0 aliphatic carbocycles. The molecule has 2 amide bonds. The third-order valence-electron chi connectivity index (χ3n) is 4.72. The van der Waals surface area contributed by atoms with E-state index in [4.69, 9.17) is 16.1 Å². The summed E-state index contributed by atoms with van der Waals surface area (Å²) in [6, 6.07) is 12.6. The second-order valence-electron chi connectivity index (χ2n) is 6.66. The maximum atomic E-state index is 12.8. The monoisotopic (exact) mass is 415 g/mol. The number of aryl methyl sites for hydroxylation is 1. The van der Waals surface area contributed by atoms with E-state index in [1.54, 1.807) is 24.1 Å². The lowest BCUT2D eigenvalue weighted by atomic mass is 10.1. The molecule has 2 aromatic heterocycles. The summed E-state index contributed by atoms with van der Waals surface area (Å²) in [7, 11) is 1.70. The molecule has 3 heterocycles. The number of carbonyl (C=O) groups excluding carboxylic acids is 2. The van der Waals surface area contributed by atoms with Crippen LogP contribution in [0.1, 0.15) is 33.1 Å². The smallest absolute Gasteiger partial charge is 0.274 e. The Morgan fingerprint density at radius 2 is 2.14 bits per heavy atom. The molecule has 1 atom stereocenters. The Hall–Kier alpha value is -2.64. The van der Waals surface area contributed by atoms with Gasteiger partial charge in [-0.25, -0.2) is 0 Å². The first-order valence-corrected chi connectivity index (χ1v) is 10.1. The summed E-state index contributed by atoms with van der Waals surface area (Å²) in [5.41, 5.74) is 2.04. The van der Waals surface area contributed by atoms with Crippen LogP contribution < -0.4 is 10.2 Å². The van der Waals surface area contributed by atoms with Crippen LogP contribution in [0.3, 0.4) is 0 Å². The first kappa shape index (κ1) is 18.7. The van der Waals surface area contributed by atoms with E-state index in [-0.39, 0.29) is 11.6 Å². The van der Waals surface area contributed by atoms with Crippen LogP contribution >= 0.6 is 22.9 Å². The number of anilines is 1. The van der Waals surface area contributed by atoms with Gasteiger partial charge in [0.2, 0.25) is 5.91 Å². The van der Waals surface area contributed by atoms with Crippen LogP contribution in [0.25, 0.3) is 0 Å². The average molecular weight is 416 g/mol. The Morgan fingerprint density at radius 1 is 1.36 bits per heavy atom. The van der Waals surface area contributed by atoms with Crippen molar-refractivity contribution in [2.24, 2.45) is 0 Å². The lowest BCUT2D eigenvalue weighted by Gasteiger charge is -2.20. The summed E-state index contributed by atoms with van der Waals surface area (Å²) in [5.74, 6) is 0.00477. The van der Waals surface area contributed by atoms with Crippen LogP contribution in [0.15, 0.2) is 47.0 Å². The van der Waals surface area contributed by atoms with E-state index in [9.17, 15) is 9.59 Å². The highest BCUT2D eigenvalue weighted by molar-refractivity contribution is 7.16. The fourth-order valence-corrected chi connectivity index (χ4v) is 4.58. The van der Waals surface area contributed by atoms with Gasteiger partial charge in [0.25, 0.3) is 5.91 Å². The van der Waals surface area contributed by atoms with Gasteiger partial charge in [0.15, 0.2) is 5.69 Å². The highest BCUT2D eigenvalue weighted by Gasteiger charge is 2.31. The zero-order valence-electron chi connectivity index (χ0n) is 15.1. The minimum atomic E-state index is -0.620. The number of thiophene rings is 1. The van der Waals surface area contributed by atoms with Crippen LogP contribution in [0.2, 0.25) is 4.34 Å². The van der Waals surface area contributed by atoms with E-state index in [0.717, 1.165) is 16.1 Å². The Balaban J connectivity index is 1.44.